The monoisotopic (exact) mass is 345 g/mol. The number of ether oxygens (including phenoxy) is 1. The molecule has 25 heavy (non-hydrogen) atoms. The summed E-state index contributed by atoms with van der Waals surface area (Å²) in [6.07, 6.45) is 6.24. The maximum Gasteiger partial charge on any atom is 0.258 e. The van der Waals surface area contributed by atoms with Crippen molar-refractivity contribution in [1.29, 1.82) is 0 Å². The highest BCUT2D eigenvalue weighted by Gasteiger charge is 2.34. The SMILES string of the molecule is O=C(COc1ccc(CO)cc1)N[C@@H]1CC(Cn2ccnc2)C[C@H]1O. The van der Waals surface area contributed by atoms with Gasteiger partial charge in [0.05, 0.1) is 25.1 Å². The summed E-state index contributed by atoms with van der Waals surface area (Å²) in [6, 6.07) is 6.67. The second kappa shape index (κ2) is 8.13. The molecule has 0 spiro atoms. The molecule has 1 unspecified atom stereocenters. The molecule has 7 heteroatoms. The van der Waals surface area contributed by atoms with Gasteiger partial charge in [0.1, 0.15) is 5.75 Å². The van der Waals surface area contributed by atoms with Crippen molar-refractivity contribution >= 4 is 5.91 Å². The number of carbonyl (C=O) groups excluding carboxylic acids is 1. The van der Waals surface area contributed by atoms with Crippen LogP contribution >= 0.6 is 0 Å². The summed E-state index contributed by atoms with van der Waals surface area (Å²) in [6.45, 7) is 0.658. The molecular formula is C18H23N3O4. The van der Waals surface area contributed by atoms with E-state index in [1.165, 1.54) is 0 Å². The number of aromatic nitrogens is 2. The summed E-state index contributed by atoms with van der Waals surface area (Å²) in [7, 11) is 0. The van der Waals surface area contributed by atoms with Gasteiger partial charge in [0.2, 0.25) is 0 Å². The first-order valence-electron chi connectivity index (χ1n) is 8.40. The predicted octanol–water partition coefficient (Wildman–Crippen LogP) is 0.710. The minimum atomic E-state index is -0.540. The van der Waals surface area contributed by atoms with Crippen molar-refractivity contribution in [3.05, 3.63) is 48.5 Å². The minimum absolute atomic E-state index is 0.0272. The third kappa shape index (κ3) is 4.80. The zero-order chi connectivity index (χ0) is 17.6. The fourth-order valence-corrected chi connectivity index (χ4v) is 3.20. The van der Waals surface area contributed by atoms with Crippen LogP contribution in [-0.2, 0) is 17.9 Å². The van der Waals surface area contributed by atoms with Crippen molar-refractivity contribution in [2.75, 3.05) is 6.61 Å². The average molecular weight is 345 g/mol. The van der Waals surface area contributed by atoms with Gasteiger partial charge in [-0.3, -0.25) is 4.79 Å². The van der Waals surface area contributed by atoms with Gasteiger partial charge in [-0.25, -0.2) is 4.98 Å². The average Bonchev–Trinajstić information content (AvgIpc) is 3.24. The van der Waals surface area contributed by atoms with E-state index in [1.54, 1.807) is 36.8 Å². The highest BCUT2D eigenvalue weighted by molar-refractivity contribution is 5.78. The van der Waals surface area contributed by atoms with Crippen molar-refractivity contribution in [2.24, 2.45) is 5.92 Å². The molecule has 0 saturated heterocycles. The van der Waals surface area contributed by atoms with E-state index in [2.05, 4.69) is 10.3 Å². The van der Waals surface area contributed by atoms with Crippen LogP contribution in [0.1, 0.15) is 18.4 Å². The number of hydrogen-bond donors (Lipinski definition) is 3. The number of rotatable bonds is 7. The number of carbonyl (C=O) groups is 1. The van der Waals surface area contributed by atoms with Crippen molar-refractivity contribution in [1.82, 2.24) is 14.9 Å². The molecule has 1 aliphatic carbocycles. The number of aliphatic hydroxyl groups excluding tert-OH is 2. The summed E-state index contributed by atoms with van der Waals surface area (Å²) >= 11 is 0. The first-order chi connectivity index (χ1) is 12.1. The van der Waals surface area contributed by atoms with E-state index in [1.807, 2.05) is 10.8 Å². The maximum atomic E-state index is 12.1. The zero-order valence-corrected chi connectivity index (χ0v) is 13.9. The predicted molar refractivity (Wildman–Crippen MR) is 90.7 cm³/mol. The normalized spacial score (nSPS) is 22.7. The van der Waals surface area contributed by atoms with E-state index in [0.717, 1.165) is 18.5 Å². The molecule has 3 atom stereocenters. The van der Waals surface area contributed by atoms with E-state index >= 15 is 0 Å². The summed E-state index contributed by atoms with van der Waals surface area (Å²) in [4.78, 5) is 16.1. The van der Waals surface area contributed by atoms with Crippen molar-refractivity contribution < 1.29 is 19.7 Å². The number of benzene rings is 1. The maximum absolute atomic E-state index is 12.1. The first-order valence-corrected chi connectivity index (χ1v) is 8.40. The highest BCUT2D eigenvalue weighted by Crippen LogP contribution is 2.27. The fourth-order valence-electron chi connectivity index (χ4n) is 3.20. The second-order valence-corrected chi connectivity index (χ2v) is 6.43. The summed E-state index contributed by atoms with van der Waals surface area (Å²) in [5.74, 6) is 0.623. The molecule has 1 heterocycles. The van der Waals surface area contributed by atoms with Crippen LogP contribution < -0.4 is 10.1 Å². The molecule has 2 aromatic rings. The number of imidazole rings is 1. The van der Waals surface area contributed by atoms with Crippen LogP contribution in [0.3, 0.4) is 0 Å². The van der Waals surface area contributed by atoms with Gasteiger partial charge in [0, 0.05) is 18.9 Å². The Morgan fingerprint density at radius 2 is 2.12 bits per heavy atom. The third-order valence-corrected chi connectivity index (χ3v) is 4.48. The molecule has 0 radical (unpaired) electrons. The minimum Gasteiger partial charge on any atom is -0.484 e. The van der Waals surface area contributed by atoms with Gasteiger partial charge in [0.25, 0.3) is 5.91 Å². The molecule has 1 aromatic heterocycles. The van der Waals surface area contributed by atoms with Crippen LogP contribution in [-0.4, -0.2) is 44.4 Å². The highest BCUT2D eigenvalue weighted by atomic mass is 16.5. The van der Waals surface area contributed by atoms with Gasteiger partial charge < -0.3 is 24.8 Å². The Morgan fingerprint density at radius 3 is 2.80 bits per heavy atom. The largest absolute Gasteiger partial charge is 0.484 e. The molecule has 1 saturated carbocycles. The summed E-state index contributed by atoms with van der Waals surface area (Å²) in [5, 5.41) is 22.0. The Balaban J connectivity index is 1.44. The molecule has 1 fully saturated rings. The number of nitrogens with one attached hydrogen (secondary N) is 1. The Labute approximate surface area is 146 Å². The number of nitrogens with zero attached hydrogens (tertiary/aromatic N) is 2. The Hall–Kier alpha value is -2.38. The fraction of sp³-hybridized carbons (Fsp3) is 0.444. The van der Waals surface area contributed by atoms with Gasteiger partial charge in [0.15, 0.2) is 6.61 Å². The van der Waals surface area contributed by atoms with Crippen LogP contribution in [0.5, 0.6) is 5.75 Å². The summed E-state index contributed by atoms with van der Waals surface area (Å²) in [5.41, 5.74) is 0.787. The Morgan fingerprint density at radius 1 is 1.32 bits per heavy atom. The van der Waals surface area contributed by atoms with Crippen LogP contribution in [0.25, 0.3) is 0 Å². The van der Waals surface area contributed by atoms with Crippen molar-refractivity contribution in [2.45, 2.75) is 38.1 Å². The van der Waals surface area contributed by atoms with Gasteiger partial charge in [-0.05, 0) is 36.5 Å². The van der Waals surface area contributed by atoms with E-state index < -0.39 is 6.10 Å². The molecule has 134 valence electrons. The lowest BCUT2D eigenvalue weighted by Crippen LogP contribution is -2.42. The molecule has 1 amide bonds. The molecule has 0 bridgehead atoms. The van der Waals surface area contributed by atoms with E-state index in [9.17, 15) is 9.90 Å². The van der Waals surface area contributed by atoms with Gasteiger partial charge in [-0.1, -0.05) is 12.1 Å². The number of aliphatic hydroxyl groups is 2. The van der Waals surface area contributed by atoms with Gasteiger partial charge in [-0.15, -0.1) is 0 Å². The van der Waals surface area contributed by atoms with Gasteiger partial charge in [-0.2, -0.15) is 0 Å². The molecule has 1 aromatic carbocycles. The molecule has 3 rings (SSSR count). The first kappa shape index (κ1) is 17.4. The second-order valence-electron chi connectivity index (χ2n) is 6.43. The Bertz CT molecular complexity index is 672. The molecule has 3 N–H and O–H groups in total. The van der Waals surface area contributed by atoms with Crippen LogP contribution in [0.4, 0.5) is 0 Å². The summed E-state index contributed by atoms with van der Waals surface area (Å²) < 4.78 is 7.42. The van der Waals surface area contributed by atoms with E-state index in [4.69, 9.17) is 9.84 Å². The van der Waals surface area contributed by atoms with Gasteiger partial charge >= 0.3 is 0 Å². The lowest BCUT2D eigenvalue weighted by Gasteiger charge is -2.16. The Kier molecular flexibility index (Phi) is 5.67. The topological polar surface area (TPSA) is 96.6 Å². The number of hydrogen-bond acceptors (Lipinski definition) is 5. The molecular weight excluding hydrogens is 322 g/mol. The smallest absolute Gasteiger partial charge is 0.258 e. The number of amides is 1. The van der Waals surface area contributed by atoms with Crippen LogP contribution in [0, 0.1) is 5.92 Å². The lowest BCUT2D eigenvalue weighted by molar-refractivity contribution is -0.124. The molecule has 0 aliphatic heterocycles. The molecule has 1 aliphatic rings. The van der Waals surface area contributed by atoms with Crippen LogP contribution in [0.2, 0.25) is 0 Å². The third-order valence-electron chi connectivity index (χ3n) is 4.48. The quantitative estimate of drug-likeness (QED) is 0.687. The van der Waals surface area contributed by atoms with E-state index in [0.29, 0.717) is 18.1 Å². The standard InChI is InChI=1S/C18H23N3O4/c22-10-13-1-3-15(4-2-13)25-11-18(24)20-16-7-14(8-17(16)23)9-21-6-5-19-12-21/h1-6,12,14,16-17,22-23H,7-11H2,(H,20,24)/t14?,16-,17-/m1/s1. The molecule has 7 nitrogen and oxygen atoms in total. The zero-order valence-electron chi connectivity index (χ0n) is 13.9. The van der Waals surface area contributed by atoms with Crippen molar-refractivity contribution in [3.8, 4) is 5.75 Å². The van der Waals surface area contributed by atoms with E-state index in [-0.39, 0.29) is 25.2 Å². The van der Waals surface area contributed by atoms with Crippen molar-refractivity contribution in [3.63, 3.8) is 0 Å². The lowest BCUT2D eigenvalue weighted by atomic mass is 10.1. The van der Waals surface area contributed by atoms with Crippen LogP contribution in [0.15, 0.2) is 43.0 Å².